The number of amides is 1. The summed E-state index contributed by atoms with van der Waals surface area (Å²) in [4.78, 5) is 26.5. The van der Waals surface area contributed by atoms with Crippen LogP contribution in [0, 0.1) is 6.92 Å². The third-order valence-electron chi connectivity index (χ3n) is 2.47. The molecule has 0 aliphatic heterocycles. The van der Waals surface area contributed by atoms with Crippen LogP contribution in [0.5, 0.6) is 0 Å². The summed E-state index contributed by atoms with van der Waals surface area (Å²) in [7, 11) is 5.73. The summed E-state index contributed by atoms with van der Waals surface area (Å²) in [5, 5.41) is 13.4. The van der Waals surface area contributed by atoms with Crippen LogP contribution >= 0.6 is 0 Å². The molecule has 7 heteroatoms. The van der Waals surface area contributed by atoms with E-state index in [9.17, 15) is 14.7 Å². The number of carboxylic acids is 1. The molecule has 1 atom stereocenters. The summed E-state index contributed by atoms with van der Waals surface area (Å²) < 4.78 is 5.49. The minimum atomic E-state index is -1.20. The molecule has 0 fully saturated rings. The zero-order chi connectivity index (χ0) is 14.6. The zero-order valence-corrected chi connectivity index (χ0v) is 11.6. The standard InChI is InChI=1S/C12H19N3O4/c1-8-11(19-7-13-8)12(18)14-9(5-10(16)17)6-15(2,3)4/h7,9H,5-6H2,1-4H3,(H-,14,16,17,18)/t9-/m1/s1. The maximum Gasteiger partial charge on any atom is 0.289 e. The van der Waals surface area contributed by atoms with Crippen molar-refractivity contribution in [1.29, 1.82) is 0 Å². The minimum Gasteiger partial charge on any atom is -0.550 e. The van der Waals surface area contributed by atoms with Crippen molar-refractivity contribution in [3.8, 4) is 0 Å². The lowest BCUT2D eigenvalue weighted by atomic mass is 10.1. The molecule has 1 aromatic rings. The molecule has 106 valence electrons. The van der Waals surface area contributed by atoms with Crippen molar-refractivity contribution in [1.82, 2.24) is 10.3 Å². The third-order valence-corrected chi connectivity index (χ3v) is 2.47. The second-order valence-electron chi connectivity index (χ2n) is 5.49. The quantitative estimate of drug-likeness (QED) is 0.663. The highest BCUT2D eigenvalue weighted by Gasteiger charge is 2.23. The van der Waals surface area contributed by atoms with E-state index in [1.807, 2.05) is 21.1 Å². The molecule has 0 aliphatic rings. The molecule has 0 aliphatic carbocycles. The van der Waals surface area contributed by atoms with Crippen molar-refractivity contribution in [3.63, 3.8) is 0 Å². The number of carbonyl (C=O) groups is 2. The van der Waals surface area contributed by atoms with Gasteiger partial charge < -0.3 is 24.1 Å². The lowest BCUT2D eigenvalue weighted by molar-refractivity contribution is -0.871. The molecule has 1 heterocycles. The van der Waals surface area contributed by atoms with E-state index in [0.29, 0.717) is 16.7 Å². The summed E-state index contributed by atoms with van der Waals surface area (Å²) in [5.74, 6) is -1.56. The van der Waals surface area contributed by atoms with Crippen molar-refractivity contribution in [3.05, 3.63) is 17.8 Å². The SMILES string of the molecule is Cc1ncoc1C(=O)N[C@H](CC(=O)[O-])C[N+](C)(C)C. The first-order chi connectivity index (χ1) is 8.69. The van der Waals surface area contributed by atoms with Gasteiger partial charge >= 0.3 is 0 Å². The van der Waals surface area contributed by atoms with E-state index in [2.05, 4.69) is 10.3 Å². The highest BCUT2D eigenvalue weighted by Crippen LogP contribution is 2.07. The number of hydrogen-bond acceptors (Lipinski definition) is 5. The number of carbonyl (C=O) groups excluding carboxylic acids is 2. The van der Waals surface area contributed by atoms with Crippen molar-refractivity contribution in [2.45, 2.75) is 19.4 Å². The molecule has 1 amide bonds. The molecule has 0 saturated carbocycles. The van der Waals surface area contributed by atoms with Crippen LogP contribution < -0.4 is 10.4 Å². The van der Waals surface area contributed by atoms with Gasteiger partial charge in [0.15, 0.2) is 6.39 Å². The smallest absolute Gasteiger partial charge is 0.289 e. The van der Waals surface area contributed by atoms with Gasteiger partial charge in [-0.25, -0.2) is 4.98 Å². The van der Waals surface area contributed by atoms with Crippen molar-refractivity contribution >= 4 is 11.9 Å². The van der Waals surface area contributed by atoms with E-state index < -0.39 is 17.9 Å². The van der Waals surface area contributed by atoms with E-state index in [1.165, 1.54) is 6.39 Å². The summed E-state index contributed by atoms with van der Waals surface area (Å²) >= 11 is 0. The molecular weight excluding hydrogens is 250 g/mol. The number of rotatable bonds is 6. The number of aliphatic carboxylic acids is 1. The number of likely N-dealkylation sites (N-methyl/N-ethyl adjacent to an activating group) is 1. The second-order valence-corrected chi connectivity index (χ2v) is 5.49. The average Bonchev–Trinajstić information content (AvgIpc) is 2.60. The molecule has 7 nitrogen and oxygen atoms in total. The molecule has 1 N–H and O–H groups in total. The maximum absolute atomic E-state index is 11.9. The number of quaternary nitrogens is 1. The van der Waals surface area contributed by atoms with Gasteiger partial charge in [-0.2, -0.15) is 0 Å². The Morgan fingerprint density at radius 3 is 2.53 bits per heavy atom. The normalized spacial score (nSPS) is 13.1. The van der Waals surface area contributed by atoms with Gasteiger partial charge in [-0.05, 0) is 6.92 Å². The lowest BCUT2D eigenvalue weighted by Gasteiger charge is -2.29. The number of aromatic nitrogens is 1. The van der Waals surface area contributed by atoms with Crippen LogP contribution in [0.15, 0.2) is 10.8 Å². The van der Waals surface area contributed by atoms with E-state index >= 15 is 0 Å². The molecule has 0 saturated heterocycles. The van der Waals surface area contributed by atoms with E-state index in [1.54, 1.807) is 6.92 Å². The van der Waals surface area contributed by atoms with Gasteiger partial charge in [0.25, 0.3) is 5.91 Å². The molecule has 0 unspecified atom stereocenters. The lowest BCUT2D eigenvalue weighted by Crippen LogP contribution is -2.50. The van der Waals surface area contributed by atoms with Crippen LogP contribution in [0.4, 0.5) is 0 Å². The van der Waals surface area contributed by atoms with Gasteiger partial charge in [0.05, 0.1) is 39.4 Å². The molecule has 1 aromatic heterocycles. The average molecular weight is 269 g/mol. The van der Waals surface area contributed by atoms with Crippen LogP contribution in [0.2, 0.25) is 0 Å². The van der Waals surface area contributed by atoms with Crippen LogP contribution in [-0.2, 0) is 4.79 Å². The van der Waals surface area contributed by atoms with Crippen LogP contribution in [0.3, 0.4) is 0 Å². The Hall–Kier alpha value is -1.89. The number of hydrogen-bond donors (Lipinski definition) is 1. The number of carboxylic acid groups (broad SMARTS) is 1. The number of nitrogens with one attached hydrogen (secondary N) is 1. The van der Waals surface area contributed by atoms with Gasteiger partial charge in [-0.3, -0.25) is 4.79 Å². The Labute approximate surface area is 111 Å². The number of oxazole rings is 1. The first-order valence-electron chi connectivity index (χ1n) is 5.90. The Bertz CT molecular complexity index is 462. The predicted octanol–water partition coefficient (Wildman–Crippen LogP) is -1.07. The number of aryl methyl sites for hydroxylation is 1. The third kappa shape index (κ3) is 5.09. The van der Waals surface area contributed by atoms with Gasteiger partial charge in [0.1, 0.15) is 0 Å². The molecule has 0 bridgehead atoms. The van der Waals surface area contributed by atoms with E-state index in [0.717, 1.165) is 0 Å². The maximum atomic E-state index is 11.9. The summed E-state index contributed by atoms with van der Waals surface area (Å²) in [6.45, 7) is 2.11. The van der Waals surface area contributed by atoms with Gasteiger partial charge in [0.2, 0.25) is 5.76 Å². The zero-order valence-electron chi connectivity index (χ0n) is 11.6. The molecular formula is C12H19N3O4. The van der Waals surface area contributed by atoms with Gasteiger partial charge in [0, 0.05) is 12.4 Å². The Morgan fingerprint density at radius 2 is 2.11 bits per heavy atom. The highest BCUT2D eigenvalue weighted by molar-refractivity contribution is 5.92. The molecule has 19 heavy (non-hydrogen) atoms. The van der Waals surface area contributed by atoms with Crippen molar-refractivity contribution < 1.29 is 23.6 Å². The molecule has 0 aromatic carbocycles. The van der Waals surface area contributed by atoms with E-state index in [4.69, 9.17) is 4.42 Å². The fourth-order valence-electron chi connectivity index (χ4n) is 1.79. The van der Waals surface area contributed by atoms with Crippen molar-refractivity contribution in [2.24, 2.45) is 0 Å². The van der Waals surface area contributed by atoms with Crippen LogP contribution in [-0.4, -0.2) is 55.1 Å². The fourth-order valence-corrected chi connectivity index (χ4v) is 1.79. The van der Waals surface area contributed by atoms with Gasteiger partial charge in [-0.15, -0.1) is 0 Å². The van der Waals surface area contributed by atoms with Crippen LogP contribution in [0.1, 0.15) is 22.7 Å². The Kier molecular flexibility index (Phi) is 4.66. The van der Waals surface area contributed by atoms with Crippen LogP contribution in [0.25, 0.3) is 0 Å². The molecule has 1 rings (SSSR count). The summed E-state index contributed by atoms with van der Waals surface area (Å²) in [6.07, 6.45) is 0.937. The Balaban J connectivity index is 2.74. The Morgan fingerprint density at radius 1 is 1.47 bits per heavy atom. The number of nitrogens with zero attached hydrogens (tertiary/aromatic N) is 2. The van der Waals surface area contributed by atoms with Crippen molar-refractivity contribution in [2.75, 3.05) is 27.7 Å². The highest BCUT2D eigenvalue weighted by atomic mass is 16.4. The fraction of sp³-hybridized carbons (Fsp3) is 0.583. The summed E-state index contributed by atoms with van der Waals surface area (Å²) in [6, 6.07) is -0.526. The minimum absolute atomic E-state index is 0.102. The molecule has 0 spiro atoms. The first kappa shape index (κ1) is 15.2. The monoisotopic (exact) mass is 269 g/mol. The first-order valence-corrected chi connectivity index (χ1v) is 5.90. The largest absolute Gasteiger partial charge is 0.550 e. The van der Waals surface area contributed by atoms with Gasteiger partial charge in [-0.1, -0.05) is 0 Å². The summed E-state index contributed by atoms with van der Waals surface area (Å²) in [5.41, 5.74) is 0.468. The second kappa shape index (κ2) is 5.83. The molecule has 0 radical (unpaired) electrons. The van der Waals surface area contributed by atoms with E-state index in [-0.39, 0.29) is 12.2 Å². The topological polar surface area (TPSA) is 95.3 Å². The predicted molar refractivity (Wildman–Crippen MR) is 65.0 cm³/mol.